The summed E-state index contributed by atoms with van der Waals surface area (Å²) in [5.41, 5.74) is 2.08. The number of nitrogens with zero attached hydrogens (tertiary/aromatic N) is 2. The van der Waals surface area contributed by atoms with Crippen LogP contribution in [0.4, 0.5) is 0 Å². The van der Waals surface area contributed by atoms with Gasteiger partial charge in [-0.3, -0.25) is 14.4 Å². The predicted octanol–water partition coefficient (Wildman–Crippen LogP) is 2.81. The first-order valence-electron chi connectivity index (χ1n) is 10.8. The molecule has 2 aliphatic heterocycles. The van der Waals surface area contributed by atoms with E-state index in [1.807, 2.05) is 41.0 Å². The van der Waals surface area contributed by atoms with Crippen molar-refractivity contribution in [3.63, 3.8) is 0 Å². The van der Waals surface area contributed by atoms with Gasteiger partial charge in [-0.1, -0.05) is 29.8 Å². The Labute approximate surface area is 173 Å². The number of benzene rings is 1. The molecule has 2 heterocycles. The Balaban J connectivity index is 1.55. The van der Waals surface area contributed by atoms with E-state index in [1.54, 1.807) is 0 Å². The second kappa shape index (κ2) is 9.90. The molecule has 1 unspecified atom stereocenters. The summed E-state index contributed by atoms with van der Waals surface area (Å²) in [6.45, 7) is 6.48. The molecule has 0 spiro atoms. The number of likely N-dealkylation sites (tertiary alicyclic amines) is 2. The van der Waals surface area contributed by atoms with Crippen molar-refractivity contribution in [2.24, 2.45) is 5.92 Å². The summed E-state index contributed by atoms with van der Waals surface area (Å²) in [5.74, 6) is 0.204. The molecule has 0 bridgehead atoms. The SMILES string of the molecule is CC(=O)NC(CC(=O)N1CCC(C(=O)N2CCCCC2)CC1)c1ccc(C)cc1. The van der Waals surface area contributed by atoms with Gasteiger partial charge in [-0.05, 0) is 44.6 Å². The van der Waals surface area contributed by atoms with Crippen LogP contribution in [0, 0.1) is 12.8 Å². The summed E-state index contributed by atoms with van der Waals surface area (Å²) in [6, 6.07) is 7.59. The van der Waals surface area contributed by atoms with E-state index >= 15 is 0 Å². The zero-order valence-electron chi connectivity index (χ0n) is 17.7. The fourth-order valence-corrected chi connectivity index (χ4v) is 4.35. The molecule has 3 rings (SSSR count). The van der Waals surface area contributed by atoms with Crippen molar-refractivity contribution < 1.29 is 14.4 Å². The van der Waals surface area contributed by atoms with Gasteiger partial charge >= 0.3 is 0 Å². The van der Waals surface area contributed by atoms with Crippen molar-refractivity contribution in [1.29, 1.82) is 0 Å². The van der Waals surface area contributed by atoms with Gasteiger partial charge in [0.1, 0.15) is 0 Å². The maximum atomic E-state index is 12.9. The molecule has 3 amide bonds. The molecular formula is C23H33N3O3. The first-order valence-corrected chi connectivity index (χ1v) is 10.8. The van der Waals surface area contributed by atoms with Crippen molar-refractivity contribution in [2.75, 3.05) is 26.2 Å². The van der Waals surface area contributed by atoms with Crippen molar-refractivity contribution >= 4 is 17.7 Å². The minimum absolute atomic E-state index is 0.0354. The van der Waals surface area contributed by atoms with Gasteiger partial charge in [0.15, 0.2) is 0 Å². The van der Waals surface area contributed by atoms with Crippen LogP contribution in [-0.4, -0.2) is 53.7 Å². The Morgan fingerprint density at radius 3 is 2.17 bits per heavy atom. The van der Waals surface area contributed by atoms with E-state index in [2.05, 4.69) is 5.32 Å². The number of hydrogen-bond donors (Lipinski definition) is 1. The summed E-state index contributed by atoms with van der Waals surface area (Å²) in [6.07, 6.45) is 5.13. The standard InChI is InChI=1S/C23H33N3O3/c1-17-6-8-19(9-7-17)21(24-18(2)27)16-22(28)25-14-10-20(11-15-25)23(29)26-12-4-3-5-13-26/h6-9,20-21H,3-5,10-16H2,1-2H3,(H,24,27). The highest BCUT2D eigenvalue weighted by atomic mass is 16.2. The Hall–Kier alpha value is -2.37. The summed E-state index contributed by atoms with van der Waals surface area (Å²) >= 11 is 0. The second-order valence-corrected chi connectivity index (χ2v) is 8.41. The summed E-state index contributed by atoms with van der Waals surface area (Å²) < 4.78 is 0. The van der Waals surface area contributed by atoms with Crippen molar-refractivity contribution in [3.8, 4) is 0 Å². The molecule has 0 aromatic heterocycles. The molecule has 2 aliphatic rings. The van der Waals surface area contributed by atoms with Gasteiger partial charge in [0.2, 0.25) is 17.7 Å². The van der Waals surface area contributed by atoms with Crippen LogP contribution in [0.15, 0.2) is 24.3 Å². The Kier molecular flexibility index (Phi) is 7.29. The molecule has 6 heteroatoms. The largest absolute Gasteiger partial charge is 0.349 e. The van der Waals surface area contributed by atoms with E-state index in [1.165, 1.54) is 13.3 Å². The van der Waals surface area contributed by atoms with Crippen molar-refractivity contribution in [2.45, 2.75) is 58.4 Å². The molecule has 2 fully saturated rings. The van der Waals surface area contributed by atoms with Gasteiger partial charge in [-0.15, -0.1) is 0 Å². The van der Waals surface area contributed by atoms with Crippen LogP contribution >= 0.6 is 0 Å². The number of rotatable bonds is 5. The van der Waals surface area contributed by atoms with E-state index in [0.717, 1.165) is 49.9 Å². The molecule has 6 nitrogen and oxygen atoms in total. The Morgan fingerprint density at radius 2 is 1.59 bits per heavy atom. The number of aryl methyl sites for hydroxylation is 1. The molecule has 1 aromatic rings. The monoisotopic (exact) mass is 399 g/mol. The molecule has 1 aromatic carbocycles. The zero-order chi connectivity index (χ0) is 20.8. The molecule has 0 radical (unpaired) electrons. The fourth-order valence-electron chi connectivity index (χ4n) is 4.35. The smallest absolute Gasteiger partial charge is 0.225 e. The number of carbonyl (C=O) groups is 3. The Morgan fingerprint density at radius 1 is 0.966 bits per heavy atom. The Bertz CT molecular complexity index is 717. The van der Waals surface area contributed by atoms with Gasteiger partial charge in [0, 0.05) is 39.0 Å². The molecular weight excluding hydrogens is 366 g/mol. The normalized spacial score (nSPS) is 19.0. The van der Waals surface area contributed by atoms with E-state index in [0.29, 0.717) is 13.1 Å². The third-order valence-corrected chi connectivity index (χ3v) is 6.10. The van der Waals surface area contributed by atoms with Crippen LogP contribution in [0.2, 0.25) is 0 Å². The molecule has 0 saturated carbocycles. The lowest BCUT2D eigenvalue weighted by Crippen LogP contribution is -2.46. The van der Waals surface area contributed by atoms with Crippen LogP contribution in [0.1, 0.15) is 62.6 Å². The van der Waals surface area contributed by atoms with Crippen LogP contribution in [0.25, 0.3) is 0 Å². The highest BCUT2D eigenvalue weighted by Crippen LogP contribution is 2.24. The van der Waals surface area contributed by atoms with Gasteiger partial charge in [-0.25, -0.2) is 0 Å². The molecule has 2 saturated heterocycles. The van der Waals surface area contributed by atoms with Crippen LogP contribution < -0.4 is 5.32 Å². The number of hydrogen-bond acceptors (Lipinski definition) is 3. The minimum atomic E-state index is -0.326. The average Bonchev–Trinajstić information content (AvgIpc) is 2.73. The maximum absolute atomic E-state index is 12.9. The van der Waals surface area contributed by atoms with Gasteiger partial charge < -0.3 is 15.1 Å². The van der Waals surface area contributed by atoms with Crippen molar-refractivity contribution in [1.82, 2.24) is 15.1 Å². The zero-order valence-corrected chi connectivity index (χ0v) is 17.7. The van der Waals surface area contributed by atoms with Gasteiger partial charge in [0.25, 0.3) is 0 Å². The predicted molar refractivity (Wildman–Crippen MR) is 112 cm³/mol. The van der Waals surface area contributed by atoms with Gasteiger partial charge in [0.05, 0.1) is 12.5 Å². The summed E-state index contributed by atoms with van der Waals surface area (Å²) in [7, 11) is 0. The lowest BCUT2D eigenvalue weighted by molar-refractivity contribution is -0.141. The van der Waals surface area contributed by atoms with E-state index in [-0.39, 0.29) is 36.1 Å². The highest BCUT2D eigenvalue weighted by Gasteiger charge is 2.31. The van der Waals surface area contributed by atoms with E-state index < -0.39 is 0 Å². The number of carbonyl (C=O) groups excluding carboxylic acids is 3. The highest BCUT2D eigenvalue weighted by molar-refractivity contribution is 5.81. The molecule has 1 N–H and O–H groups in total. The quantitative estimate of drug-likeness (QED) is 0.828. The lowest BCUT2D eigenvalue weighted by atomic mass is 9.93. The van der Waals surface area contributed by atoms with E-state index in [9.17, 15) is 14.4 Å². The summed E-state index contributed by atoms with van der Waals surface area (Å²) in [5, 5.41) is 2.91. The third kappa shape index (κ3) is 5.81. The molecule has 158 valence electrons. The number of nitrogens with one attached hydrogen (secondary N) is 1. The molecule has 29 heavy (non-hydrogen) atoms. The topological polar surface area (TPSA) is 69.7 Å². The van der Waals surface area contributed by atoms with Gasteiger partial charge in [-0.2, -0.15) is 0 Å². The second-order valence-electron chi connectivity index (χ2n) is 8.41. The number of piperidine rings is 2. The third-order valence-electron chi connectivity index (χ3n) is 6.10. The van der Waals surface area contributed by atoms with Crippen molar-refractivity contribution in [3.05, 3.63) is 35.4 Å². The molecule has 1 atom stereocenters. The number of amides is 3. The fraction of sp³-hybridized carbons (Fsp3) is 0.609. The van der Waals surface area contributed by atoms with Crippen LogP contribution in [0.3, 0.4) is 0 Å². The first kappa shape index (κ1) is 21.3. The summed E-state index contributed by atoms with van der Waals surface area (Å²) in [4.78, 5) is 41.1. The first-order chi connectivity index (χ1) is 13.9. The lowest BCUT2D eigenvalue weighted by Gasteiger charge is -2.36. The average molecular weight is 400 g/mol. The minimum Gasteiger partial charge on any atom is -0.349 e. The van der Waals surface area contributed by atoms with Crippen LogP contribution in [-0.2, 0) is 14.4 Å². The van der Waals surface area contributed by atoms with E-state index in [4.69, 9.17) is 0 Å². The maximum Gasteiger partial charge on any atom is 0.225 e. The van der Waals surface area contributed by atoms with Crippen LogP contribution in [0.5, 0.6) is 0 Å². The molecule has 0 aliphatic carbocycles.